The fourth-order valence-corrected chi connectivity index (χ4v) is 1.31. The molecule has 0 spiro atoms. The molecular weight excluding hydrogens is 250 g/mol. The van der Waals surface area contributed by atoms with Gasteiger partial charge in [0.15, 0.2) is 0 Å². The molecule has 0 aliphatic heterocycles. The van der Waals surface area contributed by atoms with E-state index in [1.807, 2.05) is 30.3 Å². The molecule has 7 heteroatoms. The zero-order valence-electron chi connectivity index (χ0n) is 9.65. The van der Waals surface area contributed by atoms with Gasteiger partial charge in [0.2, 0.25) is 5.76 Å². The average molecular weight is 259 g/mol. The number of nitro groups is 1. The summed E-state index contributed by atoms with van der Waals surface area (Å²) in [6, 6.07) is 11.5. The summed E-state index contributed by atoms with van der Waals surface area (Å²) < 4.78 is 4.72. The lowest BCUT2D eigenvalue weighted by Gasteiger charge is -1.94. The third-order valence-electron chi connectivity index (χ3n) is 2.17. The van der Waals surface area contributed by atoms with Crippen LogP contribution in [0.4, 0.5) is 5.88 Å². The van der Waals surface area contributed by atoms with Crippen molar-refractivity contribution in [1.82, 2.24) is 5.43 Å². The molecule has 7 nitrogen and oxygen atoms in total. The van der Waals surface area contributed by atoms with Gasteiger partial charge in [0, 0.05) is 0 Å². The summed E-state index contributed by atoms with van der Waals surface area (Å²) in [4.78, 5) is 21.2. The lowest BCUT2D eigenvalue weighted by Crippen LogP contribution is -2.16. The minimum Gasteiger partial charge on any atom is -0.395 e. The second kappa shape index (κ2) is 5.58. The number of nitrogens with one attached hydrogen (secondary N) is 1. The molecule has 0 saturated carbocycles. The van der Waals surface area contributed by atoms with Crippen LogP contribution in [0.25, 0.3) is 0 Å². The Morgan fingerprint density at radius 1 is 1.26 bits per heavy atom. The van der Waals surface area contributed by atoms with Gasteiger partial charge in [-0.1, -0.05) is 30.3 Å². The number of furan rings is 1. The first-order valence-electron chi connectivity index (χ1n) is 5.29. The van der Waals surface area contributed by atoms with Gasteiger partial charge in [-0.3, -0.25) is 14.9 Å². The predicted molar refractivity (Wildman–Crippen MR) is 66.9 cm³/mol. The summed E-state index contributed by atoms with van der Waals surface area (Å²) in [7, 11) is 0. The van der Waals surface area contributed by atoms with Crippen LogP contribution in [0, 0.1) is 10.1 Å². The molecule has 19 heavy (non-hydrogen) atoms. The molecule has 2 aromatic rings. The van der Waals surface area contributed by atoms with Gasteiger partial charge in [0.1, 0.15) is 4.92 Å². The van der Waals surface area contributed by atoms with Gasteiger partial charge in [0.25, 0.3) is 0 Å². The summed E-state index contributed by atoms with van der Waals surface area (Å²) >= 11 is 0. The van der Waals surface area contributed by atoms with E-state index in [2.05, 4.69) is 10.5 Å². The summed E-state index contributed by atoms with van der Waals surface area (Å²) in [6.45, 7) is 0. The van der Waals surface area contributed by atoms with Crippen LogP contribution in [0.5, 0.6) is 0 Å². The van der Waals surface area contributed by atoms with Crippen LogP contribution >= 0.6 is 0 Å². The van der Waals surface area contributed by atoms with Gasteiger partial charge in [-0.15, -0.1) is 0 Å². The van der Waals surface area contributed by atoms with Crippen LogP contribution in [0.1, 0.15) is 16.1 Å². The normalized spacial score (nSPS) is 10.5. The zero-order chi connectivity index (χ0) is 13.7. The number of amides is 1. The van der Waals surface area contributed by atoms with E-state index < -0.39 is 16.7 Å². The monoisotopic (exact) mass is 259 g/mol. The average Bonchev–Trinajstić information content (AvgIpc) is 2.89. The third kappa shape index (κ3) is 3.25. The standard InChI is InChI=1S/C12H9N3O4/c16-12(10-6-7-11(19-10)15(17)18)14-13-8-9-4-2-1-3-5-9/h1-8H,(H,14,16)/b13-8+. The molecule has 2 rings (SSSR count). The van der Waals surface area contributed by atoms with Crippen molar-refractivity contribution in [3.63, 3.8) is 0 Å². The van der Waals surface area contributed by atoms with Crippen molar-refractivity contribution in [2.24, 2.45) is 5.10 Å². The SMILES string of the molecule is O=C(N/N=C/c1ccccc1)c1ccc([N+](=O)[O-])o1. The second-order valence-electron chi connectivity index (χ2n) is 3.50. The minimum atomic E-state index is -0.718. The molecule has 0 aliphatic carbocycles. The van der Waals surface area contributed by atoms with Gasteiger partial charge in [-0.05, 0) is 11.6 Å². The molecule has 0 unspecified atom stereocenters. The topological polar surface area (TPSA) is 97.7 Å². The highest BCUT2D eigenvalue weighted by Gasteiger charge is 2.16. The Hall–Kier alpha value is -2.96. The first kappa shape index (κ1) is 12.5. The van der Waals surface area contributed by atoms with Crippen molar-refractivity contribution < 1.29 is 14.1 Å². The van der Waals surface area contributed by atoms with Crippen LogP contribution < -0.4 is 5.43 Å². The molecule has 1 aromatic carbocycles. The third-order valence-corrected chi connectivity index (χ3v) is 2.17. The summed E-state index contributed by atoms with van der Waals surface area (Å²) in [5, 5.41) is 14.1. The highest BCUT2D eigenvalue weighted by Crippen LogP contribution is 2.15. The number of hydrogen-bond donors (Lipinski definition) is 1. The van der Waals surface area contributed by atoms with Gasteiger partial charge >= 0.3 is 11.8 Å². The zero-order valence-corrected chi connectivity index (χ0v) is 9.65. The maximum absolute atomic E-state index is 11.5. The first-order valence-corrected chi connectivity index (χ1v) is 5.29. The van der Waals surface area contributed by atoms with E-state index in [1.54, 1.807) is 0 Å². The Bertz CT molecular complexity index is 619. The van der Waals surface area contributed by atoms with Gasteiger partial charge in [-0.25, -0.2) is 5.43 Å². The van der Waals surface area contributed by atoms with E-state index in [1.165, 1.54) is 12.3 Å². The Kier molecular flexibility index (Phi) is 3.67. The molecule has 0 bridgehead atoms. The summed E-state index contributed by atoms with van der Waals surface area (Å²) in [6.07, 6.45) is 1.45. The van der Waals surface area contributed by atoms with E-state index in [9.17, 15) is 14.9 Å². The smallest absolute Gasteiger partial charge is 0.395 e. The number of benzene rings is 1. The molecule has 0 saturated heterocycles. The van der Waals surface area contributed by atoms with E-state index in [0.29, 0.717) is 0 Å². The molecule has 1 aromatic heterocycles. The Balaban J connectivity index is 1.97. The van der Waals surface area contributed by atoms with Crippen LogP contribution in [0.3, 0.4) is 0 Å². The van der Waals surface area contributed by atoms with E-state index in [4.69, 9.17) is 4.42 Å². The highest BCUT2D eigenvalue weighted by molar-refractivity contribution is 5.92. The Labute approximate surface area is 107 Å². The number of hydrogen-bond acceptors (Lipinski definition) is 5. The lowest BCUT2D eigenvalue weighted by atomic mass is 10.2. The fourth-order valence-electron chi connectivity index (χ4n) is 1.31. The molecule has 96 valence electrons. The van der Waals surface area contributed by atoms with E-state index >= 15 is 0 Å². The number of carbonyl (C=O) groups excluding carboxylic acids is 1. The van der Waals surface area contributed by atoms with Crippen molar-refractivity contribution in [2.45, 2.75) is 0 Å². The molecular formula is C12H9N3O4. The van der Waals surface area contributed by atoms with Crippen molar-refractivity contribution in [3.8, 4) is 0 Å². The largest absolute Gasteiger partial charge is 0.433 e. The van der Waals surface area contributed by atoms with Crippen LogP contribution in [0.2, 0.25) is 0 Å². The molecule has 0 fully saturated rings. The van der Waals surface area contributed by atoms with Gasteiger partial charge in [-0.2, -0.15) is 5.10 Å². The maximum atomic E-state index is 11.5. The van der Waals surface area contributed by atoms with Crippen molar-refractivity contribution in [2.75, 3.05) is 0 Å². The molecule has 0 atom stereocenters. The summed E-state index contributed by atoms with van der Waals surface area (Å²) in [5.74, 6) is -1.31. The number of hydrazone groups is 1. The molecule has 1 N–H and O–H groups in total. The van der Waals surface area contributed by atoms with Gasteiger partial charge < -0.3 is 4.42 Å². The second-order valence-corrected chi connectivity index (χ2v) is 3.50. The lowest BCUT2D eigenvalue weighted by molar-refractivity contribution is -0.402. The Morgan fingerprint density at radius 3 is 2.63 bits per heavy atom. The van der Waals surface area contributed by atoms with E-state index in [0.717, 1.165) is 11.6 Å². The van der Waals surface area contributed by atoms with E-state index in [-0.39, 0.29) is 5.76 Å². The Morgan fingerprint density at radius 2 is 2.00 bits per heavy atom. The van der Waals surface area contributed by atoms with Crippen LogP contribution in [-0.2, 0) is 0 Å². The fraction of sp³-hybridized carbons (Fsp3) is 0. The molecule has 1 heterocycles. The van der Waals surface area contributed by atoms with Crippen LogP contribution in [0.15, 0.2) is 52.0 Å². The number of nitrogens with zero attached hydrogens (tertiary/aromatic N) is 2. The minimum absolute atomic E-state index is 0.170. The first-order chi connectivity index (χ1) is 9.16. The summed E-state index contributed by atoms with van der Waals surface area (Å²) in [5.41, 5.74) is 3.03. The van der Waals surface area contributed by atoms with Gasteiger partial charge in [0.05, 0.1) is 12.3 Å². The maximum Gasteiger partial charge on any atom is 0.433 e. The van der Waals surface area contributed by atoms with Crippen molar-refractivity contribution in [3.05, 3.63) is 63.9 Å². The highest BCUT2D eigenvalue weighted by atomic mass is 16.6. The van der Waals surface area contributed by atoms with Crippen molar-refractivity contribution >= 4 is 18.0 Å². The molecule has 0 radical (unpaired) electrons. The predicted octanol–water partition coefficient (Wildman–Crippen LogP) is 1.95. The number of carbonyl (C=O) groups is 1. The molecule has 1 amide bonds. The quantitative estimate of drug-likeness (QED) is 0.515. The number of rotatable bonds is 4. The molecule has 0 aliphatic rings. The van der Waals surface area contributed by atoms with Crippen molar-refractivity contribution in [1.29, 1.82) is 0 Å². The van der Waals surface area contributed by atoms with Crippen LogP contribution in [-0.4, -0.2) is 17.0 Å².